The maximum atomic E-state index is 8.53. The fourth-order valence-electron chi connectivity index (χ4n) is 3.20. The largest absolute Gasteiger partial charge is 0.402 e. The van der Waals surface area contributed by atoms with Gasteiger partial charge >= 0.3 is 0 Å². The topological polar surface area (TPSA) is 77.7 Å². The molecule has 0 spiro atoms. The maximum absolute atomic E-state index is 8.53. The molecule has 4 nitrogen and oxygen atoms in total. The maximum Gasteiger partial charge on any atom is 0.0824 e. The van der Waals surface area contributed by atoms with Gasteiger partial charge in [-0.05, 0) is 48.4 Å². The lowest BCUT2D eigenvalue weighted by atomic mass is 9.75. The predicted octanol–water partition coefficient (Wildman–Crippen LogP) is 4.00. The van der Waals surface area contributed by atoms with Gasteiger partial charge in [-0.2, -0.15) is 0 Å². The van der Waals surface area contributed by atoms with Crippen LogP contribution < -0.4 is 11.1 Å². The van der Waals surface area contributed by atoms with E-state index in [4.69, 9.17) is 11.1 Å². The molecular weight excluding hydrogens is 272 g/mol. The molecule has 0 fully saturated rings. The highest BCUT2D eigenvalue weighted by atomic mass is 14.8. The third kappa shape index (κ3) is 2.61. The smallest absolute Gasteiger partial charge is 0.0824 e. The van der Waals surface area contributed by atoms with Crippen LogP contribution in [0.15, 0.2) is 35.5 Å². The number of aromatic nitrogens is 1. The van der Waals surface area contributed by atoms with Crippen molar-refractivity contribution in [2.45, 2.75) is 33.1 Å². The molecule has 4 heteroatoms. The van der Waals surface area contributed by atoms with Crippen LogP contribution in [-0.2, 0) is 0 Å². The van der Waals surface area contributed by atoms with E-state index in [-0.39, 0.29) is 5.41 Å². The van der Waals surface area contributed by atoms with Gasteiger partial charge in [0.2, 0.25) is 0 Å². The van der Waals surface area contributed by atoms with Gasteiger partial charge in [-0.1, -0.05) is 19.9 Å². The molecule has 116 valence electrons. The first-order chi connectivity index (χ1) is 10.4. The van der Waals surface area contributed by atoms with Crippen molar-refractivity contribution in [1.29, 1.82) is 5.41 Å². The van der Waals surface area contributed by atoms with Crippen LogP contribution >= 0.6 is 0 Å². The molecule has 2 aromatic rings. The monoisotopic (exact) mass is 296 g/mol. The molecular formula is C18H24N4. The molecule has 0 radical (unpaired) electrons. The van der Waals surface area contributed by atoms with Crippen LogP contribution in [0.1, 0.15) is 38.8 Å². The molecule has 1 aromatic heterocycles. The average Bonchev–Trinajstić information content (AvgIpc) is 2.88. The van der Waals surface area contributed by atoms with Gasteiger partial charge in [0.1, 0.15) is 0 Å². The Morgan fingerprint density at radius 1 is 1.32 bits per heavy atom. The van der Waals surface area contributed by atoms with Gasteiger partial charge in [0, 0.05) is 29.3 Å². The van der Waals surface area contributed by atoms with Crippen LogP contribution in [-0.4, -0.2) is 17.7 Å². The Hall–Kier alpha value is -2.23. The van der Waals surface area contributed by atoms with Crippen LogP contribution in [0.3, 0.4) is 0 Å². The van der Waals surface area contributed by atoms with Crippen molar-refractivity contribution < 1.29 is 0 Å². The summed E-state index contributed by atoms with van der Waals surface area (Å²) < 4.78 is 0. The first kappa shape index (κ1) is 14.7. The molecule has 0 saturated carbocycles. The number of aromatic amines is 1. The molecule has 1 aromatic carbocycles. The first-order valence-corrected chi connectivity index (χ1v) is 7.77. The van der Waals surface area contributed by atoms with Gasteiger partial charge < -0.3 is 16.0 Å². The number of allylic oxidation sites excluding steroid dienone is 2. The number of fused-ring (bicyclic) bond motifs is 1. The van der Waals surface area contributed by atoms with Gasteiger partial charge in [0.05, 0.1) is 11.4 Å². The molecule has 1 heterocycles. The summed E-state index contributed by atoms with van der Waals surface area (Å²) in [5.41, 5.74) is 11.9. The van der Waals surface area contributed by atoms with E-state index in [1.54, 1.807) is 0 Å². The van der Waals surface area contributed by atoms with Crippen LogP contribution in [0.2, 0.25) is 0 Å². The summed E-state index contributed by atoms with van der Waals surface area (Å²) in [4.78, 5) is 3.35. The SMILES string of the molecule is CNc1ccc2cc(C(=N)C3=C(N)CC(C)(C)CC3)[nH]c2c1. The van der Waals surface area contributed by atoms with Gasteiger partial charge in [0.25, 0.3) is 0 Å². The van der Waals surface area contributed by atoms with Crippen molar-refractivity contribution in [3.63, 3.8) is 0 Å². The van der Waals surface area contributed by atoms with Gasteiger partial charge in [-0.25, -0.2) is 0 Å². The normalized spacial score (nSPS) is 17.8. The zero-order valence-corrected chi connectivity index (χ0v) is 13.5. The quantitative estimate of drug-likeness (QED) is 0.646. The number of rotatable bonds is 3. The lowest BCUT2D eigenvalue weighted by Crippen LogP contribution is -2.25. The number of nitrogens with one attached hydrogen (secondary N) is 3. The third-order valence-corrected chi connectivity index (χ3v) is 4.59. The highest BCUT2D eigenvalue weighted by Gasteiger charge is 2.28. The minimum Gasteiger partial charge on any atom is -0.402 e. The molecule has 22 heavy (non-hydrogen) atoms. The molecule has 3 rings (SSSR count). The second-order valence-corrected chi connectivity index (χ2v) is 6.95. The van der Waals surface area contributed by atoms with E-state index in [1.807, 2.05) is 19.2 Å². The summed E-state index contributed by atoms with van der Waals surface area (Å²) >= 11 is 0. The lowest BCUT2D eigenvalue weighted by Gasteiger charge is -2.31. The first-order valence-electron chi connectivity index (χ1n) is 7.77. The lowest BCUT2D eigenvalue weighted by molar-refractivity contribution is 0.315. The Morgan fingerprint density at radius 2 is 2.09 bits per heavy atom. The van der Waals surface area contributed by atoms with E-state index in [0.717, 1.165) is 52.8 Å². The minimum atomic E-state index is 0.246. The summed E-state index contributed by atoms with van der Waals surface area (Å²) in [5.74, 6) is 0. The van der Waals surface area contributed by atoms with Crippen molar-refractivity contribution in [1.82, 2.24) is 4.98 Å². The molecule has 1 aliphatic carbocycles. The standard InChI is InChI=1S/C18H24N4/c1-18(2)7-6-13(14(19)10-18)17(20)16-8-11-4-5-12(21-3)9-15(11)22-16/h4-5,8-9,20-22H,6-7,10,19H2,1-3H3. The zero-order valence-electron chi connectivity index (χ0n) is 13.5. The summed E-state index contributed by atoms with van der Waals surface area (Å²) in [7, 11) is 1.91. The molecule has 0 atom stereocenters. The highest BCUT2D eigenvalue weighted by molar-refractivity contribution is 6.12. The van der Waals surface area contributed by atoms with Crippen LogP contribution in [0, 0.1) is 10.8 Å². The molecule has 1 aliphatic rings. The number of hydrogen-bond acceptors (Lipinski definition) is 3. The van der Waals surface area contributed by atoms with E-state index in [1.165, 1.54) is 0 Å². The summed E-state index contributed by atoms with van der Waals surface area (Å²) in [6.45, 7) is 4.48. The fourth-order valence-corrected chi connectivity index (χ4v) is 3.20. The number of benzene rings is 1. The van der Waals surface area contributed by atoms with E-state index >= 15 is 0 Å². The molecule has 0 amide bonds. The summed E-state index contributed by atoms with van der Waals surface area (Å²) in [5, 5.41) is 12.8. The highest BCUT2D eigenvalue weighted by Crippen LogP contribution is 2.37. The van der Waals surface area contributed by atoms with Crippen LogP contribution in [0.4, 0.5) is 5.69 Å². The van der Waals surface area contributed by atoms with Crippen molar-refractivity contribution in [2.24, 2.45) is 11.1 Å². The number of H-pyrrole nitrogens is 1. The minimum absolute atomic E-state index is 0.246. The van der Waals surface area contributed by atoms with Crippen molar-refractivity contribution in [3.05, 3.63) is 41.2 Å². The van der Waals surface area contributed by atoms with Crippen molar-refractivity contribution in [2.75, 3.05) is 12.4 Å². The molecule has 5 N–H and O–H groups in total. The Kier molecular flexibility index (Phi) is 3.47. The predicted molar refractivity (Wildman–Crippen MR) is 93.5 cm³/mol. The summed E-state index contributed by atoms with van der Waals surface area (Å²) in [6, 6.07) is 8.21. The van der Waals surface area contributed by atoms with E-state index in [0.29, 0.717) is 5.71 Å². The molecule has 0 saturated heterocycles. The molecule has 0 unspecified atom stereocenters. The Balaban J connectivity index is 1.95. The zero-order chi connectivity index (χ0) is 15.9. The van der Waals surface area contributed by atoms with Crippen LogP contribution in [0.25, 0.3) is 10.9 Å². The Morgan fingerprint density at radius 3 is 2.77 bits per heavy atom. The van der Waals surface area contributed by atoms with Gasteiger partial charge in [0.15, 0.2) is 0 Å². The van der Waals surface area contributed by atoms with Gasteiger partial charge in [-0.15, -0.1) is 0 Å². The number of nitrogens with two attached hydrogens (primary N) is 1. The van der Waals surface area contributed by atoms with E-state index in [2.05, 4.69) is 36.3 Å². The van der Waals surface area contributed by atoms with Crippen molar-refractivity contribution >= 4 is 22.3 Å². The third-order valence-electron chi connectivity index (χ3n) is 4.59. The fraction of sp³-hybridized carbons (Fsp3) is 0.389. The van der Waals surface area contributed by atoms with E-state index in [9.17, 15) is 0 Å². The molecule has 0 aliphatic heterocycles. The number of hydrogen-bond donors (Lipinski definition) is 4. The second-order valence-electron chi connectivity index (χ2n) is 6.95. The Bertz CT molecular complexity index is 764. The average molecular weight is 296 g/mol. The summed E-state index contributed by atoms with van der Waals surface area (Å²) in [6.07, 6.45) is 2.83. The van der Waals surface area contributed by atoms with Crippen LogP contribution in [0.5, 0.6) is 0 Å². The number of anilines is 1. The molecule has 0 bridgehead atoms. The van der Waals surface area contributed by atoms with E-state index < -0.39 is 0 Å². The second kappa shape index (κ2) is 5.20. The Labute approximate surface area is 131 Å². The van der Waals surface area contributed by atoms with Gasteiger partial charge in [-0.3, -0.25) is 5.41 Å². The van der Waals surface area contributed by atoms with Crippen molar-refractivity contribution in [3.8, 4) is 0 Å².